The van der Waals surface area contributed by atoms with Crippen LogP contribution in [0.1, 0.15) is 38.2 Å². The number of carbonyl (C=O) groups is 1. The molecule has 0 amide bonds. The van der Waals surface area contributed by atoms with Gasteiger partial charge in [-0.1, -0.05) is 30.3 Å². The number of hydrogen-bond donors (Lipinski definition) is 0. The number of esters is 1. The van der Waals surface area contributed by atoms with Gasteiger partial charge in [0.05, 0.1) is 0 Å². The molecule has 2 atom stereocenters. The molecule has 2 unspecified atom stereocenters. The van der Waals surface area contributed by atoms with E-state index >= 15 is 0 Å². The van der Waals surface area contributed by atoms with E-state index in [9.17, 15) is 4.79 Å². The van der Waals surface area contributed by atoms with Crippen molar-refractivity contribution in [1.82, 2.24) is 0 Å². The zero-order valence-corrected chi connectivity index (χ0v) is 13.3. The Bertz CT molecular complexity index is 541. The first-order valence-corrected chi connectivity index (χ1v) is 8.62. The molecule has 112 valence electrons. The lowest BCUT2D eigenvalue weighted by Gasteiger charge is -2.16. The maximum Gasteiger partial charge on any atom is 0.320 e. The van der Waals surface area contributed by atoms with Gasteiger partial charge in [-0.3, -0.25) is 4.79 Å². The number of thioether (sulfide) groups is 1. The lowest BCUT2D eigenvalue weighted by Crippen LogP contribution is -2.27. The Morgan fingerprint density at radius 1 is 1.29 bits per heavy atom. The maximum absolute atomic E-state index is 11.8. The van der Waals surface area contributed by atoms with Crippen LogP contribution >= 0.6 is 11.8 Å². The summed E-state index contributed by atoms with van der Waals surface area (Å²) in [6.07, 6.45) is 4.47. The third-order valence-electron chi connectivity index (χ3n) is 4.04. The van der Waals surface area contributed by atoms with Crippen LogP contribution < -0.4 is 0 Å². The van der Waals surface area contributed by atoms with Crippen molar-refractivity contribution in [1.29, 1.82) is 0 Å². The molecule has 0 aromatic heterocycles. The van der Waals surface area contributed by atoms with E-state index in [-0.39, 0.29) is 17.3 Å². The smallest absolute Gasteiger partial charge is 0.320 e. The first kappa shape index (κ1) is 14.6. The Hall–Kier alpha value is -1.29. The van der Waals surface area contributed by atoms with Crippen LogP contribution in [0.25, 0.3) is 0 Å². The van der Waals surface area contributed by atoms with Crippen LogP contribution in [-0.2, 0) is 16.1 Å². The molecular formula is C17H22NO2S+. The van der Waals surface area contributed by atoms with Gasteiger partial charge in [0.1, 0.15) is 17.9 Å². The Kier molecular flexibility index (Phi) is 4.63. The average molecular weight is 304 g/mol. The van der Waals surface area contributed by atoms with E-state index in [4.69, 9.17) is 4.74 Å². The molecule has 0 aliphatic carbocycles. The van der Waals surface area contributed by atoms with E-state index in [0.29, 0.717) is 0 Å². The SMILES string of the molecule is CC1CC(SC2=[N+](Cc3ccccc3)CCCC2)C(=O)O1. The van der Waals surface area contributed by atoms with Gasteiger partial charge in [-0.05, 0) is 25.1 Å². The molecule has 1 aromatic carbocycles. The summed E-state index contributed by atoms with van der Waals surface area (Å²) >= 11 is 1.74. The molecule has 2 aliphatic heterocycles. The Morgan fingerprint density at radius 2 is 2.10 bits per heavy atom. The summed E-state index contributed by atoms with van der Waals surface area (Å²) in [6, 6.07) is 10.6. The van der Waals surface area contributed by atoms with Gasteiger partial charge < -0.3 is 4.74 Å². The third-order valence-corrected chi connectivity index (χ3v) is 5.45. The molecule has 0 N–H and O–H groups in total. The third kappa shape index (κ3) is 3.67. The molecule has 3 rings (SSSR count). The fraction of sp³-hybridized carbons (Fsp3) is 0.529. The average Bonchev–Trinajstić information content (AvgIpc) is 2.80. The van der Waals surface area contributed by atoms with Crippen molar-refractivity contribution in [2.75, 3.05) is 6.54 Å². The number of carbonyl (C=O) groups excluding carboxylic acids is 1. The maximum atomic E-state index is 11.8. The minimum absolute atomic E-state index is 0.00799. The molecule has 1 fully saturated rings. The van der Waals surface area contributed by atoms with Crippen molar-refractivity contribution < 1.29 is 14.1 Å². The molecular weight excluding hydrogens is 282 g/mol. The Labute approximate surface area is 130 Å². The van der Waals surface area contributed by atoms with Crippen molar-refractivity contribution in [3.8, 4) is 0 Å². The second-order valence-electron chi connectivity index (χ2n) is 5.85. The quantitative estimate of drug-likeness (QED) is 0.634. The van der Waals surface area contributed by atoms with Crippen molar-refractivity contribution >= 4 is 22.8 Å². The number of hydrogen-bond acceptors (Lipinski definition) is 3. The lowest BCUT2D eigenvalue weighted by atomic mass is 10.1. The number of ether oxygens (including phenoxy) is 1. The Morgan fingerprint density at radius 3 is 2.81 bits per heavy atom. The second-order valence-corrected chi connectivity index (χ2v) is 7.12. The van der Waals surface area contributed by atoms with Crippen LogP contribution in [0.15, 0.2) is 30.3 Å². The van der Waals surface area contributed by atoms with Gasteiger partial charge in [0.2, 0.25) is 5.04 Å². The topological polar surface area (TPSA) is 29.3 Å². The number of rotatable bonds is 3. The van der Waals surface area contributed by atoms with Gasteiger partial charge in [0.15, 0.2) is 6.54 Å². The highest BCUT2D eigenvalue weighted by Crippen LogP contribution is 2.30. The second kappa shape index (κ2) is 6.65. The van der Waals surface area contributed by atoms with Gasteiger partial charge in [0.25, 0.3) is 0 Å². The molecule has 0 radical (unpaired) electrons. The highest BCUT2D eigenvalue weighted by Gasteiger charge is 2.36. The van der Waals surface area contributed by atoms with Crippen LogP contribution in [0, 0.1) is 0 Å². The van der Waals surface area contributed by atoms with E-state index in [1.807, 2.05) is 6.92 Å². The minimum Gasteiger partial charge on any atom is -0.462 e. The van der Waals surface area contributed by atoms with Gasteiger partial charge in [0, 0.05) is 24.8 Å². The van der Waals surface area contributed by atoms with E-state index in [0.717, 1.165) is 25.9 Å². The van der Waals surface area contributed by atoms with Crippen LogP contribution in [0.2, 0.25) is 0 Å². The Balaban J connectivity index is 1.74. The monoisotopic (exact) mass is 304 g/mol. The molecule has 0 spiro atoms. The molecule has 21 heavy (non-hydrogen) atoms. The first-order chi connectivity index (χ1) is 10.2. The predicted octanol–water partition coefficient (Wildman–Crippen LogP) is 3.22. The largest absolute Gasteiger partial charge is 0.462 e. The van der Waals surface area contributed by atoms with E-state index < -0.39 is 0 Å². The molecule has 0 bridgehead atoms. The van der Waals surface area contributed by atoms with Crippen LogP contribution in [0.4, 0.5) is 0 Å². The summed E-state index contributed by atoms with van der Waals surface area (Å²) in [5.74, 6) is -0.0368. The van der Waals surface area contributed by atoms with E-state index in [2.05, 4.69) is 34.9 Å². The molecule has 3 nitrogen and oxygen atoms in total. The van der Waals surface area contributed by atoms with Crippen LogP contribution in [0.5, 0.6) is 0 Å². The van der Waals surface area contributed by atoms with E-state index in [1.54, 1.807) is 11.8 Å². The van der Waals surface area contributed by atoms with Crippen molar-refractivity contribution in [3.63, 3.8) is 0 Å². The highest BCUT2D eigenvalue weighted by molar-refractivity contribution is 8.14. The standard InChI is InChI=1S/C17H22NO2S/c1-13-11-15(17(19)20-13)21-16-9-5-6-10-18(16)12-14-7-3-2-4-8-14/h2-4,7-8,13,15H,5-6,9-12H2,1H3/q+1. The highest BCUT2D eigenvalue weighted by atomic mass is 32.2. The van der Waals surface area contributed by atoms with Gasteiger partial charge in [-0.25, -0.2) is 4.58 Å². The fourth-order valence-electron chi connectivity index (χ4n) is 2.95. The lowest BCUT2D eigenvalue weighted by molar-refractivity contribution is -0.546. The summed E-state index contributed by atoms with van der Waals surface area (Å²) in [5, 5.41) is 1.35. The first-order valence-electron chi connectivity index (χ1n) is 7.74. The predicted molar refractivity (Wildman–Crippen MR) is 85.7 cm³/mol. The number of benzene rings is 1. The summed E-state index contributed by atoms with van der Waals surface area (Å²) in [4.78, 5) is 11.8. The zero-order valence-electron chi connectivity index (χ0n) is 12.5. The summed E-state index contributed by atoms with van der Waals surface area (Å²) < 4.78 is 7.72. The molecule has 1 aromatic rings. The van der Waals surface area contributed by atoms with Crippen LogP contribution in [0.3, 0.4) is 0 Å². The molecule has 1 saturated heterocycles. The van der Waals surface area contributed by atoms with Crippen molar-refractivity contribution in [3.05, 3.63) is 35.9 Å². The fourth-order valence-corrected chi connectivity index (χ4v) is 4.36. The summed E-state index contributed by atoms with van der Waals surface area (Å²) in [5.41, 5.74) is 1.33. The number of nitrogens with zero attached hydrogens (tertiary/aromatic N) is 1. The van der Waals surface area contributed by atoms with Crippen molar-refractivity contribution in [2.24, 2.45) is 0 Å². The zero-order chi connectivity index (χ0) is 14.7. The van der Waals surface area contributed by atoms with E-state index in [1.165, 1.54) is 23.4 Å². The summed E-state index contributed by atoms with van der Waals surface area (Å²) in [6.45, 7) is 4.01. The van der Waals surface area contributed by atoms with Crippen LogP contribution in [-0.4, -0.2) is 33.5 Å². The minimum atomic E-state index is -0.0368. The van der Waals surface area contributed by atoms with Gasteiger partial charge in [-0.15, -0.1) is 0 Å². The normalized spacial score (nSPS) is 26.0. The van der Waals surface area contributed by atoms with Gasteiger partial charge in [-0.2, -0.15) is 0 Å². The molecule has 4 heteroatoms. The molecule has 2 aliphatic rings. The molecule has 2 heterocycles. The molecule has 0 saturated carbocycles. The van der Waals surface area contributed by atoms with Crippen molar-refractivity contribution in [2.45, 2.75) is 50.5 Å². The number of cyclic esters (lactones) is 1. The summed E-state index contributed by atoms with van der Waals surface area (Å²) in [7, 11) is 0. The van der Waals surface area contributed by atoms with Gasteiger partial charge >= 0.3 is 5.97 Å².